The van der Waals surface area contributed by atoms with Crippen LogP contribution in [0, 0.1) is 5.82 Å². The zero-order chi connectivity index (χ0) is 18.4. The van der Waals surface area contributed by atoms with Crippen LogP contribution in [0.3, 0.4) is 0 Å². The van der Waals surface area contributed by atoms with Crippen LogP contribution in [0.25, 0.3) is 6.08 Å². The first-order valence-electron chi connectivity index (χ1n) is 6.97. The monoisotopic (exact) mass is 352 g/mol. The van der Waals surface area contributed by atoms with Crippen molar-refractivity contribution in [1.82, 2.24) is 0 Å². The van der Waals surface area contributed by atoms with E-state index >= 15 is 0 Å². The van der Waals surface area contributed by atoms with Crippen LogP contribution in [0.1, 0.15) is 5.56 Å². The van der Waals surface area contributed by atoms with Gasteiger partial charge in [-0.1, -0.05) is 24.3 Å². The highest BCUT2D eigenvalue weighted by Crippen LogP contribution is 2.20. The van der Waals surface area contributed by atoms with Gasteiger partial charge in [-0.15, -0.1) is 0 Å². The van der Waals surface area contributed by atoms with Gasteiger partial charge in [0.25, 0.3) is 0 Å². The van der Waals surface area contributed by atoms with Gasteiger partial charge in [0.1, 0.15) is 5.82 Å². The van der Waals surface area contributed by atoms with Crippen molar-refractivity contribution in [2.75, 3.05) is 10.6 Å². The third-order valence-corrected chi connectivity index (χ3v) is 2.96. The van der Waals surface area contributed by atoms with Crippen LogP contribution in [0.15, 0.2) is 54.6 Å². The van der Waals surface area contributed by atoms with Crippen LogP contribution in [0.5, 0.6) is 0 Å². The van der Waals surface area contributed by atoms with E-state index < -0.39 is 23.8 Å². The number of rotatable bonds is 4. The molecule has 130 valence electrons. The summed E-state index contributed by atoms with van der Waals surface area (Å²) in [6.07, 6.45) is -2.67. The van der Waals surface area contributed by atoms with Crippen LogP contribution >= 0.6 is 0 Å². The molecule has 25 heavy (non-hydrogen) atoms. The highest BCUT2D eigenvalue weighted by Gasteiger charge is 2.38. The van der Waals surface area contributed by atoms with Crippen LogP contribution in [0.2, 0.25) is 0 Å². The molecule has 0 saturated carbocycles. The number of carbonyl (C=O) groups excluding carboxylic acids is 2. The summed E-state index contributed by atoms with van der Waals surface area (Å²) in [6, 6.07) is 11.0. The minimum atomic E-state index is -5.01. The van der Waals surface area contributed by atoms with Crippen molar-refractivity contribution in [3.05, 3.63) is 66.0 Å². The Kier molecular flexibility index (Phi) is 5.53. The van der Waals surface area contributed by atoms with E-state index in [1.54, 1.807) is 11.4 Å². The molecule has 2 amide bonds. The smallest absolute Gasteiger partial charge is 0.322 e. The lowest BCUT2D eigenvalue weighted by atomic mass is 10.2. The summed E-state index contributed by atoms with van der Waals surface area (Å²) in [5.74, 6) is -3.22. The highest BCUT2D eigenvalue weighted by molar-refractivity contribution is 6.02. The lowest BCUT2D eigenvalue weighted by molar-refractivity contribution is -0.167. The predicted octanol–water partition coefficient (Wildman–Crippen LogP) is 3.98. The third-order valence-electron chi connectivity index (χ3n) is 2.96. The number of benzene rings is 2. The molecule has 8 heteroatoms. The van der Waals surface area contributed by atoms with E-state index in [0.29, 0.717) is 0 Å². The van der Waals surface area contributed by atoms with Crippen molar-refractivity contribution in [3.63, 3.8) is 0 Å². The van der Waals surface area contributed by atoms with E-state index in [1.165, 1.54) is 48.5 Å². The maximum atomic E-state index is 13.4. The number of hydrogen-bond acceptors (Lipinski definition) is 2. The Morgan fingerprint density at radius 3 is 2.20 bits per heavy atom. The molecule has 0 heterocycles. The van der Waals surface area contributed by atoms with Crippen molar-refractivity contribution < 1.29 is 27.2 Å². The van der Waals surface area contributed by atoms with E-state index in [1.807, 2.05) is 0 Å². The number of halogens is 4. The van der Waals surface area contributed by atoms with Gasteiger partial charge in [0.15, 0.2) is 0 Å². The van der Waals surface area contributed by atoms with E-state index in [9.17, 15) is 27.2 Å². The first-order valence-corrected chi connectivity index (χ1v) is 6.97. The van der Waals surface area contributed by atoms with Gasteiger partial charge in [-0.05, 0) is 30.3 Å². The van der Waals surface area contributed by atoms with E-state index in [-0.39, 0.29) is 16.9 Å². The van der Waals surface area contributed by atoms with Crippen LogP contribution in [-0.2, 0) is 9.59 Å². The fraction of sp³-hybridized carbons (Fsp3) is 0.0588. The quantitative estimate of drug-likeness (QED) is 0.646. The molecule has 0 saturated heterocycles. The van der Waals surface area contributed by atoms with Crippen molar-refractivity contribution in [2.24, 2.45) is 0 Å². The SMILES string of the molecule is O=C(/C=C/c1ccccc1F)Nc1cccc(NC(=O)C(F)(F)F)c1. The fourth-order valence-corrected chi connectivity index (χ4v) is 1.84. The average Bonchev–Trinajstić information content (AvgIpc) is 2.53. The summed E-state index contributed by atoms with van der Waals surface area (Å²) in [5.41, 5.74) is 0.255. The molecular weight excluding hydrogens is 340 g/mol. The zero-order valence-electron chi connectivity index (χ0n) is 12.6. The normalized spacial score (nSPS) is 11.4. The van der Waals surface area contributed by atoms with Crippen molar-refractivity contribution in [3.8, 4) is 0 Å². The van der Waals surface area contributed by atoms with E-state index in [0.717, 1.165) is 6.08 Å². The van der Waals surface area contributed by atoms with Gasteiger partial charge >= 0.3 is 12.1 Å². The molecule has 0 aliphatic carbocycles. The number of alkyl halides is 3. The van der Waals surface area contributed by atoms with Gasteiger partial charge in [-0.25, -0.2) is 4.39 Å². The number of hydrogen-bond donors (Lipinski definition) is 2. The summed E-state index contributed by atoms with van der Waals surface area (Å²) >= 11 is 0. The molecular formula is C17H12F4N2O2. The Hall–Kier alpha value is -3.16. The summed E-state index contributed by atoms with van der Waals surface area (Å²) in [5, 5.41) is 4.08. The molecule has 0 unspecified atom stereocenters. The van der Waals surface area contributed by atoms with Gasteiger partial charge in [-0.2, -0.15) is 13.2 Å². The second kappa shape index (κ2) is 7.61. The summed E-state index contributed by atoms with van der Waals surface area (Å²) < 4.78 is 50.1. The number of carbonyl (C=O) groups is 2. The second-order valence-electron chi connectivity index (χ2n) is 4.88. The maximum absolute atomic E-state index is 13.4. The van der Waals surface area contributed by atoms with Gasteiger partial charge in [0, 0.05) is 23.0 Å². The van der Waals surface area contributed by atoms with Gasteiger partial charge in [0.05, 0.1) is 0 Å². The Morgan fingerprint density at radius 1 is 0.920 bits per heavy atom. The molecule has 0 aliphatic heterocycles. The molecule has 2 rings (SSSR count). The summed E-state index contributed by atoms with van der Waals surface area (Å²) in [7, 11) is 0. The number of nitrogens with one attached hydrogen (secondary N) is 2. The van der Waals surface area contributed by atoms with Crippen LogP contribution in [0.4, 0.5) is 28.9 Å². The molecule has 0 atom stereocenters. The second-order valence-corrected chi connectivity index (χ2v) is 4.88. The fourth-order valence-electron chi connectivity index (χ4n) is 1.84. The molecule has 2 N–H and O–H groups in total. The first-order chi connectivity index (χ1) is 11.8. The van der Waals surface area contributed by atoms with Gasteiger partial charge in [-0.3, -0.25) is 9.59 Å². The van der Waals surface area contributed by atoms with Crippen molar-refractivity contribution >= 4 is 29.3 Å². The van der Waals surface area contributed by atoms with Crippen LogP contribution in [-0.4, -0.2) is 18.0 Å². The largest absolute Gasteiger partial charge is 0.471 e. The number of anilines is 2. The Morgan fingerprint density at radius 2 is 1.56 bits per heavy atom. The molecule has 0 aliphatic rings. The maximum Gasteiger partial charge on any atom is 0.471 e. The molecule has 0 radical (unpaired) electrons. The molecule has 4 nitrogen and oxygen atoms in total. The van der Waals surface area contributed by atoms with Crippen molar-refractivity contribution in [1.29, 1.82) is 0 Å². The topological polar surface area (TPSA) is 58.2 Å². The zero-order valence-corrected chi connectivity index (χ0v) is 12.6. The van der Waals surface area contributed by atoms with E-state index in [4.69, 9.17) is 0 Å². The lowest BCUT2D eigenvalue weighted by Gasteiger charge is -2.09. The van der Waals surface area contributed by atoms with E-state index in [2.05, 4.69) is 5.32 Å². The minimum absolute atomic E-state index is 0.127. The standard InChI is InChI=1S/C17H12F4N2O2/c18-14-7-2-1-4-11(14)8-9-15(24)22-12-5-3-6-13(10-12)23-16(25)17(19,20)21/h1-10H,(H,22,24)(H,23,25)/b9-8+. The summed E-state index contributed by atoms with van der Waals surface area (Å²) in [6.45, 7) is 0. The molecule has 0 spiro atoms. The predicted molar refractivity (Wildman–Crippen MR) is 85.2 cm³/mol. The molecule has 2 aromatic rings. The lowest BCUT2D eigenvalue weighted by Crippen LogP contribution is -2.29. The van der Waals surface area contributed by atoms with Gasteiger partial charge < -0.3 is 10.6 Å². The Labute approximate surface area is 140 Å². The van der Waals surface area contributed by atoms with Crippen molar-refractivity contribution in [2.45, 2.75) is 6.18 Å². The average molecular weight is 352 g/mol. The number of amides is 2. The first kappa shape index (κ1) is 18.2. The molecule has 0 bridgehead atoms. The third kappa shape index (κ3) is 5.45. The molecule has 0 aromatic heterocycles. The van der Waals surface area contributed by atoms with Crippen LogP contribution < -0.4 is 10.6 Å². The van der Waals surface area contributed by atoms with Gasteiger partial charge in [0.2, 0.25) is 5.91 Å². The Balaban J connectivity index is 2.03. The minimum Gasteiger partial charge on any atom is -0.322 e. The highest BCUT2D eigenvalue weighted by atomic mass is 19.4. The molecule has 0 fully saturated rings. The Bertz CT molecular complexity index is 816. The molecule has 2 aromatic carbocycles. The summed E-state index contributed by atoms with van der Waals surface area (Å²) in [4.78, 5) is 22.7.